The van der Waals surface area contributed by atoms with Gasteiger partial charge in [0.15, 0.2) is 0 Å². The fraction of sp³-hybridized carbons (Fsp3) is 0. The van der Waals surface area contributed by atoms with Crippen LogP contribution in [0.1, 0.15) is 0 Å². The highest BCUT2D eigenvalue weighted by Gasteiger charge is 2.14. The molecule has 9 rings (SSSR count). The van der Waals surface area contributed by atoms with Crippen LogP contribution in [0.5, 0.6) is 0 Å². The molecule has 0 unspecified atom stereocenters. The maximum absolute atomic E-state index is 5.26. The Labute approximate surface area is 267 Å². The predicted octanol–water partition coefficient (Wildman–Crippen LogP) is 11.8. The molecule has 7 aromatic carbocycles. The molecule has 0 saturated heterocycles. The topological polar surface area (TPSA) is 25.8 Å². The lowest BCUT2D eigenvalue weighted by atomic mass is 9.92. The molecule has 46 heavy (non-hydrogen) atoms. The molecule has 0 saturated carbocycles. The predicted molar refractivity (Wildman–Crippen MR) is 194 cm³/mol. The van der Waals surface area contributed by atoms with E-state index in [2.05, 4.69) is 164 Å². The van der Waals surface area contributed by atoms with Crippen molar-refractivity contribution in [2.45, 2.75) is 0 Å². The molecule has 0 aliphatic heterocycles. The summed E-state index contributed by atoms with van der Waals surface area (Å²) in [7, 11) is 0. The fourth-order valence-corrected chi connectivity index (χ4v) is 6.74. The highest BCUT2D eigenvalue weighted by molar-refractivity contribution is 6.04. The van der Waals surface area contributed by atoms with Crippen LogP contribution in [-0.2, 0) is 0 Å². The van der Waals surface area contributed by atoms with E-state index in [1.807, 2.05) is 6.07 Å². The molecule has 2 heterocycles. The van der Waals surface area contributed by atoms with Crippen LogP contribution in [-0.4, -0.2) is 9.97 Å². The van der Waals surface area contributed by atoms with E-state index in [1.54, 1.807) is 0 Å². The van der Waals surface area contributed by atoms with Crippen molar-refractivity contribution >= 4 is 43.4 Å². The van der Waals surface area contributed by atoms with E-state index in [0.717, 1.165) is 55.4 Å². The minimum absolute atomic E-state index is 0.970. The van der Waals surface area contributed by atoms with Crippen LogP contribution in [0, 0.1) is 0 Å². The third-order valence-electron chi connectivity index (χ3n) is 9.07. The monoisotopic (exact) mass is 584 g/mol. The van der Waals surface area contributed by atoms with Crippen LogP contribution in [0.15, 0.2) is 170 Å². The molecule has 0 fully saturated rings. The summed E-state index contributed by atoms with van der Waals surface area (Å²) in [5, 5.41) is 7.18. The smallest absolute Gasteiger partial charge is 0.0722 e. The van der Waals surface area contributed by atoms with E-state index in [9.17, 15) is 0 Å². The van der Waals surface area contributed by atoms with E-state index in [1.165, 1.54) is 32.7 Å². The van der Waals surface area contributed by atoms with E-state index in [-0.39, 0.29) is 0 Å². The summed E-state index contributed by atoms with van der Waals surface area (Å²) in [5.74, 6) is 0. The first kappa shape index (κ1) is 26.3. The Morgan fingerprint density at radius 3 is 1.65 bits per heavy atom. The molecule has 2 aromatic heterocycles. The van der Waals surface area contributed by atoms with Crippen LogP contribution in [0.3, 0.4) is 0 Å². The molecular formula is C44H28N2. The van der Waals surface area contributed by atoms with E-state index in [4.69, 9.17) is 9.97 Å². The number of para-hydroxylation sites is 1. The minimum Gasteiger partial charge on any atom is -0.248 e. The van der Waals surface area contributed by atoms with Crippen molar-refractivity contribution in [1.82, 2.24) is 9.97 Å². The molecule has 2 nitrogen and oxygen atoms in total. The molecule has 0 aliphatic carbocycles. The fourth-order valence-electron chi connectivity index (χ4n) is 6.74. The highest BCUT2D eigenvalue weighted by Crippen LogP contribution is 2.38. The number of pyridine rings is 2. The SMILES string of the molecule is c1ccc2nc(-c3ccc(-c4cc(-c5cccc6ccccc56)nc5ccc(-c6cccc7ccccc67)cc45)cc3)ccc2c1. The third kappa shape index (κ3) is 4.51. The Balaban J connectivity index is 1.24. The normalized spacial score (nSPS) is 11.5. The summed E-state index contributed by atoms with van der Waals surface area (Å²) in [5.41, 5.74) is 10.9. The standard InChI is InChI=1S/C44H28N2/c1-4-14-35-29(9-1)12-7-16-37(35)34-24-26-43-40(27-34)39(28-44(46-43)38-17-8-13-30-10-2-5-15-36(30)38)31-19-21-33(22-20-31)42-25-23-32-11-3-6-18-41(32)45-42/h1-28H. The lowest BCUT2D eigenvalue weighted by Gasteiger charge is -2.14. The lowest BCUT2D eigenvalue weighted by Crippen LogP contribution is -1.92. The number of aromatic nitrogens is 2. The van der Waals surface area contributed by atoms with Gasteiger partial charge in [0.05, 0.1) is 22.4 Å². The number of benzene rings is 7. The number of hydrogen-bond acceptors (Lipinski definition) is 2. The van der Waals surface area contributed by atoms with Gasteiger partial charge in [-0.1, -0.05) is 140 Å². The van der Waals surface area contributed by atoms with Crippen molar-refractivity contribution in [3.05, 3.63) is 170 Å². The van der Waals surface area contributed by atoms with Gasteiger partial charge in [-0.15, -0.1) is 0 Å². The van der Waals surface area contributed by atoms with Crippen molar-refractivity contribution in [2.75, 3.05) is 0 Å². The minimum atomic E-state index is 0.970. The first-order valence-corrected chi connectivity index (χ1v) is 15.7. The van der Waals surface area contributed by atoms with Crippen molar-refractivity contribution in [2.24, 2.45) is 0 Å². The molecule has 0 radical (unpaired) electrons. The van der Waals surface area contributed by atoms with E-state index < -0.39 is 0 Å². The van der Waals surface area contributed by atoms with Gasteiger partial charge in [0.1, 0.15) is 0 Å². The zero-order chi connectivity index (χ0) is 30.5. The average molecular weight is 585 g/mol. The first-order valence-electron chi connectivity index (χ1n) is 15.7. The molecule has 214 valence electrons. The van der Waals surface area contributed by atoms with Gasteiger partial charge in [0.2, 0.25) is 0 Å². The Morgan fingerprint density at radius 1 is 0.283 bits per heavy atom. The van der Waals surface area contributed by atoms with Gasteiger partial charge in [-0.05, 0) is 74.1 Å². The van der Waals surface area contributed by atoms with Crippen molar-refractivity contribution in [1.29, 1.82) is 0 Å². The second-order valence-electron chi connectivity index (χ2n) is 11.8. The summed E-state index contributed by atoms with van der Waals surface area (Å²) in [6.45, 7) is 0. The molecule has 0 spiro atoms. The summed E-state index contributed by atoms with van der Waals surface area (Å²) >= 11 is 0. The van der Waals surface area contributed by atoms with Gasteiger partial charge in [-0.25, -0.2) is 9.97 Å². The van der Waals surface area contributed by atoms with Gasteiger partial charge in [0.25, 0.3) is 0 Å². The van der Waals surface area contributed by atoms with Gasteiger partial charge in [0, 0.05) is 21.9 Å². The maximum atomic E-state index is 5.26. The maximum Gasteiger partial charge on any atom is 0.0722 e. The Bertz CT molecular complexity index is 2570. The highest BCUT2D eigenvalue weighted by atomic mass is 14.7. The Hall–Kier alpha value is -6.12. The van der Waals surface area contributed by atoms with Gasteiger partial charge in [-0.2, -0.15) is 0 Å². The molecular weight excluding hydrogens is 556 g/mol. The number of fused-ring (bicyclic) bond motifs is 4. The van der Waals surface area contributed by atoms with Crippen molar-refractivity contribution < 1.29 is 0 Å². The zero-order valence-electron chi connectivity index (χ0n) is 25.1. The molecule has 0 aliphatic rings. The number of rotatable bonds is 4. The van der Waals surface area contributed by atoms with Crippen LogP contribution in [0.4, 0.5) is 0 Å². The molecule has 0 amide bonds. The van der Waals surface area contributed by atoms with Gasteiger partial charge in [-0.3, -0.25) is 0 Å². The molecule has 0 bridgehead atoms. The third-order valence-corrected chi connectivity index (χ3v) is 9.07. The van der Waals surface area contributed by atoms with Crippen molar-refractivity contribution in [3.8, 4) is 44.8 Å². The van der Waals surface area contributed by atoms with Crippen LogP contribution >= 0.6 is 0 Å². The van der Waals surface area contributed by atoms with Gasteiger partial charge >= 0.3 is 0 Å². The zero-order valence-corrected chi connectivity index (χ0v) is 25.1. The summed E-state index contributed by atoms with van der Waals surface area (Å²) in [6, 6.07) is 60.4. The largest absolute Gasteiger partial charge is 0.248 e. The first-order chi connectivity index (χ1) is 22.8. The Kier molecular flexibility index (Phi) is 6.17. The molecule has 2 heteroatoms. The van der Waals surface area contributed by atoms with E-state index >= 15 is 0 Å². The average Bonchev–Trinajstić information content (AvgIpc) is 3.13. The number of hydrogen-bond donors (Lipinski definition) is 0. The van der Waals surface area contributed by atoms with Crippen LogP contribution in [0.25, 0.3) is 88.1 Å². The summed E-state index contributed by atoms with van der Waals surface area (Å²) in [6.07, 6.45) is 0. The number of nitrogens with zero attached hydrogens (tertiary/aromatic N) is 2. The molecule has 0 atom stereocenters. The van der Waals surface area contributed by atoms with Crippen molar-refractivity contribution in [3.63, 3.8) is 0 Å². The lowest BCUT2D eigenvalue weighted by molar-refractivity contribution is 1.39. The van der Waals surface area contributed by atoms with E-state index in [0.29, 0.717) is 0 Å². The quantitative estimate of drug-likeness (QED) is 0.206. The summed E-state index contributed by atoms with van der Waals surface area (Å²) in [4.78, 5) is 10.2. The second kappa shape index (κ2) is 10.8. The second-order valence-corrected chi connectivity index (χ2v) is 11.8. The molecule has 9 aromatic rings. The Morgan fingerprint density at radius 2 is 0.870 bits per heavy atom. The van der Waals surface area contributed by atoms with Crippen LogP contribution < -0.4 is 0 Å². The van der Waals surface area contributed by atoms with Crippen LogP contribution in [0.2, 0.25) is 0 Å². The summed E-state index contributed by atoms with van der Waals surface area (Å²) < 4.78 is 0. The van der Waals surface area contributed by atoms with Gasteiger partial charge < -0.3 is 0 Å². The molecule has 0 N–H and O–H groups in total.